The number of halogens is 2. The summed E-state index contributed by atoms with van der Waals surface area (Å²) in [6, 6.07) is 38.9. The summed E-state index contributed by atoms with van der Waals surface area (Å²) >= 11 is 1.27. The van der Waals surface area contributed by atoms with Gasteiger partial charge in [0, 0.05) is 0 Å². The Morgan fingerprint density at radius 1 is 0.559 bits per heavy atom. The quantitative estimate of drug-likeness (QED) is 0.192. The average Bonchev–Trinajstić information content (AvgIpc) is 3.57. The molecule has 0 radical (unpaired) electrons. The van der Waals surface area contributed by atoms with Crippen molar-refractivity contribution in [2.75, 3.05) is 0 Å². The Labute approximate surface area is 234 Å². The van der Waals surface area contributed by atoms with Gasteiger partial charge in [-0.05, 0) is 0 Å². The summed E-state index contributed by atoms with van der Waals surface area (Å²) < 4.78 is 0. The molecule has 0 nitrogen and oxygen atoms in total. The third-order valence-corrected chi connectivity index (χ3v) is 13.3. The zero-order valence-electron chi connectivity index (χ0n) is 20.4. The van der Waals surface area contributed by atoms with Crippen LogP contribution in [0.15, 0.2) is 109 Å². The van der Waals surface area contributed by atoms with E-state index >= 15 is 0 Å². The van der Waals surface area contributed by atoms with E-state index in [0.29, 0.717) is 0 Å². The number of benzene rings is 2. The Morgan fingerprint density at radius 3 is 1.18 bits per heavy atom. The maximum atomic E-state index is 2.26. The number of hydrogen-bond donors (Lipinski definition) is 0. The number of rotatable bonds is 8. The van der Waals surface area contributed by atoms with E-state index < -0.39 is 5.49 Å². The van der Waals surface area contributed by atoms with Crippen LogP contribution < -0.4 is 35.2 Å². The predicted octanol–water partition coefficient (Wildman–Crippen LogP) is 0.843. The van der Waals surface area contributed by atoms with Crippen LogP contribution in [0.25, 0.3) is 0 Å². The molecule has 0 aliphatic carbocycles. The van der Waals surface area contributed by atoms with Gasteiger partial charge in [0.15, 0.2) is 0 Å². The van der Waals surface area contributed by atoms with Gasteiger partial charge in [-0.25, -0.2) is 24.3 Å². The normalized spacial score (nSPS) is 9.29. The van der Waals surface area contributed by atoms with Crippen molar-refractivity contribution in [3.8, 4) is 0 Å². The van der Waals surface area contributed by atoms with Crippen molar-refractivity contribution in [2.45, 2.75) is 52.4 Å². The SMILES string of the molecule is CCCC[c-]1cccc1.CCCC[c-]1cccc1.[Cl-].[Cl-].[Hf+2]=[Si](c1ccccc1)c1ccccc1. The Balaban J connectivity index is 0.000000485. The Morgan fingerprint density at radius 2 is 0.882 bits per heavy atom. The molecule has 4 aromatic rings. The molecule has 0 saturated carbocycles. The van der Waals surface area contributed by atoms with E-state index in [4.69, 9.17) is 0 Å². The zero-order chi connectivity index (χ0) is 22.9. The van der Waals surface area contributed by atoms with Crippen molar-refractivity contribution in [3.05, 3.63) is 120 Å². The van der Waals surface area contributed by atoms with Crippen LogP contribution in [-0.4, -0.2) is 5.49 Å². The molecule has 4 aromatic carbocycles. The first-order chi connectivity index (χ1) is 15.7. The van der Waals surface area contributed by atoms with Gasteiger partial charge in [0.05, 0.1) is 0 Å². The summed E-state index contributed by atoms with van der Waals surface area (Å²) in [7, 11) is 0. The first kappa shape index (κ1) is 32.8. The molecule has 0 amide bonds. The standard InChI is InChI=1S/C12H10Si.2C9H13.2ClH.Hf/c1-3-7-11(8-4-1)13-12-9-5-2-6-10-12;2*1-2-3-6-9-7-4-5-8-9;;;/h1-10H;2*4-5,7-8H,2-3,6H2,1H3;2*1H;/q;2*-1;;;+2/p-2. The second-order valence-corrected chi connectivity index (χ2v) is 15.2. The van der Waals surface area contributed by atoms with Gasteiger partial charge in [-0.3, -0.25) is 0 Å². The van der Waals surface area contributed by atoms with Crippen LogP contribution >= 0.6 is 0 Å². The molecule has 0 fully saturated rings. The monoisotopic (exact) mass is 674 g/mol. The van der Waals surface area contributed by atoms with E-state index in [-0.39, 0.29) is 24.8 Å². The van der Waals surface area contributed by atoms with Gasteiger partial charge in [0.25, 0.3) is 0 Å². The van der Waals surface area contributed by atoms with Gasteiger partial charge in [0.2, 0.25) is 0 Å². The van der Waals surface area contributed by atoms with E-state index in [9.17, 15) is 0 Å². The minimum atomic E-state index is -0.406. The van der Waals surface area contributed by atoms with Crippen molar-refractivity contribution < 1.29 is 47.8 Å². The van der Waals surface area contributed by atoms with Crippen LogP contribution in [0.2, 0.25) is 0 Å². The van der Waals surface area contributed by atoms with E-state index in [1.165, 1.54) is 83.0 Å². The molecule has 0 atom stereocenters. The molecule has 4 heteroatoms. The first-order valence-electron chi connectivity index (χ1n) is 11.8. The van der Waals surface area contributed by atoms with Gasteiger partial charge >= 0.3 is 99.5 Å². The van der Waals surface area contributed by atoms with Crippen LogP contribution in [-0.2, 0) is 35.8 Å². The second-order valence-electron chi connectivity index (χ2n) is 7.90. The molecule has 0 aromatic heterocycles. The maximum absolute atomic E-state index is 2.26. The Kier molecular flexibility index (Phi) is 20.4. The fourth-order valence-electron chi connectivity index (χ4n) is 3.30. The Bertz CT molecular complexity index is 870. The molecule has 180 valence electrons. The summed E-state index contributed by atoms with van der Waals surface area (Å²) in [6.45, 7) is 4.45. The third kappa shape index (κ3) is 13.6. The molecular weight excluding hydrogens is 638 g/mol. The van der Waals surface area contributed by atoms with Crippen molar-refractivity contribution in [1.29, 1.82) is 0 Å². The summed E-state index contributed by atoms with van der Waals surface area (Å²) in [5, 5.41) is 3.07. The predicted molar refractivity (Wildman–Crippen MR) is 139 cm³/mol. The van der Waals surface area contributed by atoms with E-state index in [1.807, 2.05) is 0 Å². The van der Waals surface area contributed by atoms with Gasteiger partial charge in [-0.2, -0.15) is 35.4 Å². The van der Waals surface area contributed by atoms with Crippen LogP contribution in [0.1, 0.15) is 50.7 Å². The average molecular weight is 674 g/mol. The van der Waals surface area contributed by atoms with E-state index in [2.05, 4.69) is 123 Å². The molecule has 0 aliphatic rings. The van der Waals surface area contributed by atoms with E-state index in [0.717, 1.165) is 0 Å². The fourth-order valence-corrected chi connectivity index (χ4v) is 8.28. The summed E-state index contributed by atoms with van der Waals surface area (Å²) in [4.78, 5) is 0. The topological polar surface area (TPSA) is 0 Å². The van der Waals surface area contributed by atoms with Crippen LogP contribution in [0.3, 0.4) is 0 Å². The van der Waals surface area contributed by atoms with Crippen molar-refractivity contribution >= 4 is 15.9 Å². The summed E-state index contributed by atoms with van der Waals surface area (Å²) in [5.41, 5.74) is 2.56. The van der Waals surface area contributed by atoms with Gasteiger partial charge in [-0.1, -0.05) is 52.4 Å². The molecular formula is C30H36Cl2HfSi-2. The second kappa shape index (κ2) is 21.1. The van der Waals surface area contributed by atoms with E-state index in [1.54, 1.807) is 0 Å². The van der Waals surface area contributed by atoms with Crippen molar-refractivity contribution in [2.24, 2.45) is 0 Å². The third-order valence-electron chi connectivity index (χ3n) is 5.23. The fraction of sp³-hybridized carbons (Fsp3) is 0.267. The zero-order valence-corrected chi connectivity index (χ0v) is 26.5. The number of hydrogen-bond acceptors (Lipinski definition) is 0. The molecule has 0 saturated heterocycles. The van der Waals surface area contributed by atoms with Gasteiger partial charge in [-0.15, -0.1) is 0 Å². The molecule has 0 unspecified atom stereocenters. The molecule has 0 bridgehead atoms. The summed E-state index contributed by atoms with van der Waals surface area (Å²) in [6.07, 6.45) is 7.75. The Hall–Kier alpha value is -1.19. The number of unbranched alkanes of at least 4 members (excludes halogenated alkanes) is 2. The molecule has 4 rings (SSSR count). The first-order valence-corrected chi connectivity index (χ1v) is 18.7. The van der Waals surface area contributed by atoms with Gasteiger partial charge < -0.3 is 24.8 Å². The molecule has 0 heterocycles. The molecule has 34 heavy (non-hydrogen) atoms. The minimum absolute atomic E-state index is 0. The van der Waals surface area contributed by atoms with Crippen LogP contribution in [0.5, 0.6) is 0 Å². The van der Waals surface area contributed by atoms with Crippen LogP contribution in [0, 0.1) is 0 Å². The summed E-state index contributed by atoms with van der Waals surface area (Å²) in [5.74, 6) is 0. The van der Waals surface area contributed by atoms with Crippen LogP contribution in [0.4, 0.5) is 0 Å². The molecule has 0 aliphatic heterocycles. The van der Waals surface area contributed by atoms with Crippen molar-refractivity contribution in [1.82, 2.24) is 0 Å². The molecule has 0 spiro atoms. The van der Waals surface area contributed by atoms with Gasteiger partial charge in [0.1, 0.15) is 0 Å². The van der Waals surface area contributed by atoms with Crippen molar-refractivity contribution in [3.63, 3.8) is 0 Å². The molecule has 0 N–H and O–H groups in total. The number of aryl methyl sites for hydroxylation is 2.